The summed E-state index contributed by atoms with van der Waals surface area (Å²) in [7, 11) is 1.41. The molecule has 4 heteroatoms. The van der Waals surface area contributed by atoms with E-state index in [-0.39, 0.29) is 18.1 Å². The van der Waals surface area contributed by atoms with E-state index in [1.165, 1.54) is 7.11 Å². The number of rotatable bonds is 3. The van der Waals surface area contributed by atoms with Crippen LogP contribution < -0.4 is 10.2 Å². The number of hydroxylamine groups is 1. The second kappa shape index (κ2) is 4.20. The van der Waals surface area contributed by atoms with Crippen LogP contribution in [-0.4, -0.2) is 12.3 Å². The molecular formula is C9H12FNO2. The molecular weight excluding hydrogens is 173 g/mol. The van der Waals surface area contributed by atoms with E-state index < -0.39 is 0 Å². The van der Waals surface area contributed by atoms with Crippen molar-refractivity contribution in [1.82, 2.24) is 5.48 Å². The number of hydrogen-bond acceptors (Lipinski definition) is 3. The third-order valence-corrected chi connectivity index (χ3v) is 1.78. The Labute approximate surface area is 76.1 Å². The van der Waals surface area contributed by atoms with Crippen molar-refractivity contribution in [3.63, 3.8) is 0 Å². The molecule has 0 aliphatic rings. The molecule has 0 aliphatic carbocycles. The predicted molar refractivity (Wildman–Crippen MR) is 46.3 cm³/mol. The Bertz CT molecular complexity index is 302. The minimum absolute atomic E-state index is 0.199. The molecule has 0 saturated carbocycles. The summed E-state index contributed by atoms with van der Waals surface area (Å²) in [5, 5.41) is 8.46. The monoisotopic (exact) mass is 185 g/mol. The van der Waals surface area contributed by atoms with Gasteiger partial charge in [0.2, 0.25) is 0 Å². The average molecular weight is 185 g/mol. The average Bonchev–Trinajstić information content (AvgIpc) is 2.11. The van der Waals surface area contributed by atoms with Crippen molar-refractivity contribution in [3.05, 3.63) is 29.1 Å². The highest BCUT2D eigenvalue weighted by Gasteiger charge is 2.07. The summed E-state index contributed by atoms with van der Waals surface area (Å²) in [6.07, 6.45) is 0. The smallest absolute Gasteiger partial charge is 0.167 e. The maximum Gasteiger partial charge on any atom is 0.167 e. The summed E-state index contributed by atoms with van der Waals surface area (Å²) >= 11 is 0. The number of ether oxygens (including phenoxy) is 1. The number of aryl methyl sites for hydroxylation is 1. The third-order valence-electron chi connectivity index (χ3n) is 1.78. The van der Waals surface area contributed by atoms with E-state index in [0.717, 1.165) is 5.56 Å². The lowest BCUT2D eigenvalue weighted by Gasteiger charge is -2.07. The first kappa shape index (κ1) is 9.95. The minimum atomic E-state index is -0.357. The summed E-state index contributed by atoms with van der Waals surface area (Å²) in [5.41, 5.74) is 3.28. The maximum absolute atomic E-state index is 13.2. The number of nitrogens with one attached hydrogen (secondary N) is 1. The van der Waals surface area contributed by atoms with E-state index >= 15 is 0 Å². The second-order valence-electron chi connectivity index (χ2n) is 2.76. The molecule has 0 saturated heterocycles. The SMILES string of the molecule is COc1cc(CNO)cc(C)c1F. The lowest BCUT2D eigenvalue weighted by Crippen LogP contribution is -2.07. The number of benzene rings is 1. The van der Waals surface area contributed by atoms with Gasteiger partial charge in [-0.25, -0.2) is 9.87 Å². The Hall–Kier alpha value is -1.13. The van der Waals surface area contributed by atoms with Crippen molar-refractivity contribution >= 4 is 0 Å². The standard InChI is InChI=1S/C9H12FNO2/c1-6-3-7(5-11-12)4-8(13-2)9(6)10/h3-4,11-12H,5H2,1-2H3. The topological polar surface area (TPSA) is 41.5 Å². The molecule has 1 rings (SSSR count). The van der Waals surface area contributed by atoms with Crippen molar-refractivity contribution in [2.24, 2.45) is 0 Å². The molecule has 72 valence electrons. The lowest BCUT2D eigenvalue weighted by atomic mass is 10.1. The van der Waals surface area contributed by atoms with Gasteiger partial charge in [0.1, 0.15) is 0 Å². The summed E-state index contributed by atoms with van der Waals surface area (Å²) in [4.78, 5) is 0. The fourth-order valence-electron chi connectivity index (χ4n) is 1.15. The summed E-state index contributed by atoms with van der Waals surface area (Å²) in [6, 6.07) is 3.20. The van der Waals surface area contributed by atoms with Crippen LogP contribution in [0.1, 0.15) is 11.1 Å². The van der Waals surface area contributed by atoms with Crippen LogP contribution in [0.2, 0.25) is 0 Å². The van der Waals surface area contributed by atoms with Gasteiger partial charge in [0.15, 0.2) is 11.6 Å². The van der Waals surface area contributed by atoms with Crippen molar-refractivity contribution < 1.29 is 14.3 Å². The van der Waals surface area contributed by atoms with Crippen molar-refractivity contribution in [2.45, 2.75) is 13.5 Å². The second-order valence-corrected chi connectivity index (χ2v) is 2.76. The largest absolute Gasteiger partial charge is 0.494 e. The molecule has 0 atom stereocenters. The number of halogens is 1. The molecule has 0 aliphatic heterocycles. The zero-order valence-electron chi connectivity index (χ0n) is 7.60. The van der Waals surface area contributed by atoms with E-state index in [9.17, 15) is 4.39 Å². The molecule has 13 heavy (non-hydrogen) atoms. The minimum Gasteiger partial charge on any atom is -0.494 e. The van der Waals surface area contributed by atoms with Crippen molar-refractivity contribution in [3.8, 4) is 5.75 Å². The van der Waals surface area contributed by atoms with Crippen LogP contribution in [0.3, 0.4) is 0 Å². The van der Waals surface area contributed by atoms with Gasteiger partial charge in [0, 0.05) is 6.54 Å². The van der Waals surface area contributed by atoms with Crippen LogP contribution in [-0.2, 0) is 6.54 Å². The van der Waals surface area contributed by atoms with Gasteiger partial charge in [0.25, 0.3) is 0 Å². The summed E-state index contributed by atoms with van der Waals surface area (Å²) < 4.78 is 18.0. The summed E-state index contributed by atoms with van der Waals surface area (Å²) in [6.45, 7) is 1.93. The first-order chi connectivity index (χ1) is 6.19. The molecule has 0 aromatic heterocycles. The van der Waals surface area contributed by atoms with Crippen LogP contribution in [0.4, 0.5) is 4.39 Å². The molecule has 0 bridgehead atoms. The Balaban J connectivity index is 3.06. The highest BCUT2D eigenvalue weighted by atomic mass is 19.1. The van der Waals surface area contributed by atoms with Gasteiger partial charge >= 0.3 is 0 Å². The molecule has 1 aromatic rings. The van der Waals surface area contributed by atoms with Gasteiger partial charge in [-0.1, -0.05) is 6.07 Å². The zero-order chi connectivity index (χ0) is 9.84. The molecule has 0 fully saturated rings. The molecule has 0 radical (unpaired) electrons. The van der Waals surface area contributed by atoms with E-state index in [1.54, 1.807) is 19.1 Å². The Morgan fingerprint density at radius 3 is 2.77 bits per heavy atom. The quantitative estimate of drug-likeness (QED) is 0.703. The van der Waals surface area contributed by atoms with Gasteiger partial charge < -0.3 is 9.94 Å². The molecule has 2 N–H and O–H groups in total. The highest BCUT2D eigenvalue weighted by molar-refractivity contribution is 5.35. The molecule has 3 nitrogen and oxygen atoms in total. The number of hydrogen-bond donors (Lipinski definition) is 2. The lowest BCUT2D eigenvalue weighted by molar-refractivity contribution is 0.161. The van der Waals surface area contributed by atoms with Crippen LogP contribution in [0.15, 0.2) is 12.1 Å². The van der Waals surface area contributed by atoms with E-state index in [2.05, 4.69) is 0 Å². The zero-order valence-corrected chi connectivity index (χ0v) is 7.60. The fraction of sp³-hybridized carbons (Fsp3) is 0.333. The highest BCUT2D eigenvalue weighted by Crippen LogP contribution is 2.22. The van der Waals surface area contributed by atoms with Crippen LogP contribution in [0, 0.1) is 12.7 Å². The maximum atomic E-state index is 13.2. The number of methoxy groups -OCH3 is 1. The molecule has 1 aromatic carbocycles. The van der Waals surface area contributed by atoms with E-state index in [1.807, 2.05) is 5.48 Å². The van der Waals surface area contributed by atoms with E-state index in [0.29, 0.717) is 5.56 Å². The van der Waals surface area contributed by atoms with Gasteiger partial charge in [-0.05, 0) is 24.1 Å². The van der Waals surface area contributed by atoms with Gasteiger partial charge in [-0.2, -0.15) is 0 Å². The normalized spacial score (nSPS) is 10.2. The Morgan fingerprint density at radius 2 is 2.23 bits per heavy atom. The molecule has 0 amide bonds. The van der Waals surface area contributed by atoms with Crippen LogP contribution in [0.25, 0.3) is 0 Å². The molecule has 0 spiro atoms. The first-order valence-electron chi connectivity index (χ1n) is 3.89. The van der Waals surface area contributed by atoms with Gasteiger partial charge in [-0.15, -0.1) is 0 Å². The van der Waals surface area contributed by atoms with Crippen molar-refractivity contribution in [2.75, 3.05) is 7.11 Å². The van der Waals surface area contributed by atoms with Crippen LogP contribution >= 0.6 is 0 Å². The van der Waals surface area contributed by atoms with Crippen LogP contribution in [0.5, 0.6) is 5.75 Å². The summed E-state index contributed by atoms with van der Waals surface area (Å²) in [5.74, 6) is -0.158. The Kier molecular flexibility index (Phi) is 3.22. The van der Waals surface area contributed by atoms with Crippen molar-refractivity contribution in [1.29, 1.82) is 0 Å². The van der Waals surface area contributed by atoms with Gasteiger partial charge in [-0.3, -0.25) is 0 Å². The molecule has 0 heterocycles. The predicted octanol–water partition coefficient (Wildman–Crippen LogP) is 1.62. The first-order valence-corrected chi connectivity index (χ1v) is 3.89. The fourth-order valence-corrected chi connectivity index (χ4v) is 1.15. The van der Waals surface area contributed by atoms with Gasteiger partial charge in [0.05, 0.1) is 7.11 Å². The molecule has 0 unspecified atom stereocenters. The Morgan fingerprint density at radius 1 is 1.54 bits per heavy atom. The van der Waals surface area contributed by atoms with E-state index in [4.69, 9.17) is 9.94 Å². The third kappa shape index (κ3) is 2.17.